The zero-order valence-corrected chi connectivity index (χ0v) is 18.3. The minimum atomic E-state index is -0.701. The number of carbonyl (C=O) groups excluding carboxylic acids is 3. The number of rotatable bonds is 10. The molecule has 0 fully saturated rings. The number of nitrogens with zero attached hydrogens (tertiary/aromatic N) is 1. The molecule has 0 saturated heterocycles. The largest absolute Gasteiger partial charge is 0.368 e. The van der Waals surface area contributed by atoms with Crippen molar-refractivity contribution in [2.75, 3.05) is 13.2 Å². The van der Waals surface area contributed by atoms with Crippen molar-refractivity contribution in [3.05, 3.63) is 37.5 Å². The van der Waals surface area contributed by atoms with Crippen LogP contribution in [0.3, 0.4) is 0 Å². The summed E-state index contributed by atoms with van der Waals surface area (Å²) in [5, 5.41) is 6.46. The number of thiazole rings is 1. The Morgan fingerprint density at radius 3 is 2.52 bits per heavy atom. The highest BCUT2D eigenvalue weighted by Gasteiger charge is 2.22. The first-order chi connectivity index (χ1) is 13.6. The van der Waals surface area contributed by atoms with Crippen LogP contribution >= 0.6 is 22.7 Å². The molecule has 3 amide bonds. The number of nitrogens with two attached hydrogens (primary N) is 1. The zero-order valence-electron chi connectivity index (χ0n) is 16.7. The summed E-state index contributed by atoms with van der Waals surface area (Å²) in [5.74, 6) is -1.39. The Kier molecular flexibility index (Phi) is 7.85. The summed E-state index contributed by atoms with van der Waals surface area (Å²) in [6.07, 6.45) is 0. The summed E-state index contributed by atoms with van der Waals surface area (Å²) in [5.41, 5.74) is 8.92. The first kappa shape index (κ1) is 22.9. The van der Waals surface area contributed by atoms with Crippen LogP contribution in [0, 0.1) is 13.8 Å². The molecular weight excluding hydrogens is 416 g/mol. The number of carbonyl (C=O) groups is 3. The van der Waals surface area contributed by atoms with Crippen LogP contribution in [0.5, 0.6) is 0 Å². The average Bonchev–Trinajstić information content (AvgIpc) is 3.25. The molecule has 0 unspecified atom stereocenters. The van der Waals surface area contributed by atoms with Gasteiger partial charge in [0, 0.05) is 5.38 Å². The smallest absolute Gasteiger partial charge is 0.285 e. The Morgan fingerprint density at radius 2 is 1.90 bits per heavy atom. The van der Waals surface area contributed by atoms with Crippen LogP contribution in [0.2, 0.25) is 0 Å². The summed E-state index contributed by atoms with van der Waals surface area (Å²) < 4.78 is 5.79. The third kappa shape index (κ3) is 6.89. The van der Waals surface area contributed by atoms with Gasteiger partial charge < -0.3 is 15.8 Å². The quantitative estimate of drug-likeness (QED) is 0.482. The Bertz CT molecular complexity index is 891. The highest BCUT2D eigenvalue weighted by molar-refractivity contribution is 7.12. The van der Waals surface area contributed by atoms with Crippen LogP contribution in [-0.2, 0) is 21.0 Å². The molecule has 0 aliphatic heterocycles. The predicted molar refractivity (Wildman–Crippen MR) is 110 cm³/mol. The fourth-order valence-corrected chi connectivity index (χ4v) is 3.73. The van der Waals surface area contributed by atoms with E-state index in [-0.39, 0.29) is 31.4 Å². The lowest BCUT2D eigenvalue weighted by Gasteiger charge is -2.24. The molecule has 0 aromatic carbocycles. The number of thiophene rings is 1. The SMILES string of the molecule is Cc1csc(C(=O)NOCC(C)(C)OCc2nc(C(=O)NCC(N)=O)cs2)c1C. The van der Waals surface area contributed by atoms with E-state index in [4.69, 9.17) is 15.3 Å². The van der Waals surface area contributed by atoms with Crippen LogP contribution in [0.4, 0.5) is 0 Å². The van der Waals surface area contributed by atoms with E-state index < -0.39 is 17.4 Å². The van der Waals surface area contributed by atoms with Crippen molar-refractivity contribution in [1.82, 2.24) is 15.8 Å². The maximum Gasteiger partial charge on any atom is 0.285 e. The van der Waals surface area contributed by atoms with Gasteiger partial charge in [0.15, 0.2) is 0 Å². The van der Waals surface area contributed by atoms with Crippen LogP contribution < -0.4 is 16.5 Å². The maximum absolute atomic E-state index is 12.2. The zero-order chi connectivity index (χ0) is 21.6. The summed E-state index contributed by atoms with van der Waals surface area (Å²) in [4.78, 5) is 44.8. The van der Waals surface area contributed by atoms with E-state index in [9.17, 15) is 14.4 Å². The summed E-state index contributed by atoms with van der Waals surface area (Å²) in [6, 6.07) is 0. The number of aromatic nitrogens is 1. The molecule has 158 valence electrons. The molecule has 0 aliphatic rings. The van der Waals surface area contributed by atoms with Gasteiger partial charge in [-0.05, 0) is 44.2 Å². The van der Waals surface area contributed by atoms with Crippen LogP contribution in [0.1, 0.15) is 50.1 Å². The van der Waals surface area contributed by atoms with Crippen molar-refractivity contribution in [3.63, 3.8) is 0 Å². The second kappa shape index (κ2) is 9.92. The van der Waals surface area contributed by atoms with Gasteiger partial charge in [0.25, 0.3) is 11.8 Å². The lowest BCUT2D eigenvalue weighted by atomic mass is 10.1. The van der Waals surface area contributed by atoms with E-state index in [1.807, 2.05) is 33.1 Å². The standard InChI is InChI=1S/C18H24N4O5S2/c1-10-7-29-15(11(10)2)17(25)22-27-9-18(3,4)26-6-14-21-12(8-28-14)16(24)20-5-13(19)23/h7-8H,5-6,9H2,1-4H3,(H2,19,23)(H,20,24)(H,22,25). The lowest BCUT2D eigenvalue weighted by molar-refractivity contribution is -0.117. The summed E-state index contributed by atoms with van der Waals surface area (Å²) >= 11 is 2.63. The third-order valence-electron chi connectivity index (χ3n) is 3.87. The Balaban J connectivity index is 1.78. The van der Waals surface area contributed by atoms with Gasteiger partial charge in [-0.3, -0.25) is 19.2 Å². The number of hydrogen-bond acceptors (Lipinski definition) is 8. The van der Waals surface area contributed by atoms with Crippen molar-refractivity contribution in [2.24, 2.45) is 5.73 Å². The molecule has 4 N–H and O–H groups in total. The van der Waals surface area contributed by atoms with Gasteiger partial charge in [0.05, 0.1) is 23.6 Å². The van der Waals surface area contributed by atoms with Crippen molar-refractivity contribution >= 4 is 40.4 Å². The topological polar surface area (TPSA) is 133 Å². The Labute approximate surface area is 176 Å². The molecule has 29 heavy (non-hydrogen) atoms. The molecule has 2 rings (SSSR count). The fourth-order valence-electron chi connectivity index (χ4n) is 2.09. The van der Waals surface area contributed by atoms with Gasteiger partial charge in [-0.15, -0.1) is 22.7 Å². The second-order valence-electron chi connectivity index (χ2n) is 6.92. The first-order valence-electron chi connectivity index (χ1n) is 8.71. The third-order valence-corrected chi connectivity index (χ3v) is 5.89. The fraction of sp³-hybridized carbons (Fsp3) is 0.444. The number of amides is 3. The Morgan fingerprint density at radius 1 is 1.17 bits per heavy atom. The number of nitrogens with one attached hydrogen (secondary N) is 2. The van der Waals surface area contributed by atoms with E-state index in [2.05, 4.69) is 15.8 Å². The molecule has 11 heteroatoms. The van der Waals surface area contributed by atoms with E-state index in [0.717, 1.165) is 11.1 Å². The normalized spacial score (nSPS) is 11.3. The molecule has 2 heterocycles. The van der Waals surface area contributed by atoms with Crippen LogP contribution in [-0.4, -0.2) is 41.5 Å². The highest BCUT2D eigenvalue weighted by atomic mass is 32.1. The molecule has 9 nitrogen and oxygen atoms in total. The highest BCUT2D eigenvalue weighted by Crippen LogP contribution is 2.21. The van der Waals surface area contributed by atoms with E-state index in [0.29, 0.717) is 9.88 Å². The summed E-state index contributed by atoms with van der Waals surface area (Å²) in [7, 11) is 0. The minimum Gasteiger partial charge on any atom is -0.368 e. The van der Waals surface area contributed by atoms with E-state index >= 15 is 0 Å². The molecule has 0 spiro atoms. The number of primary amides is 1. The van der Waals surface area contributed by atoms with Crippen molar-refractivity contribution in [3.8, 4) is 0 Å². The van der Waals surface area contributed by atoms with Gasteiger partial charge in [0.2, 0.25) is 5.91 Å². The van der Waals surface area contributed by atoms with Gasteiger partial charge in [-0.25, -0.2) is 10.5 Å². The molecule has 0 radical (unpaired) electrons. The molecule has 0 saturated carbocycles. The lowest BCUT2D eigenvalue weighted by Crippen LogP contribution is -2.35. The molecule has 0 bridgehead atoms. The van der Waals surface area contributed by atoms with Crippen LogP contribution in [0.25, 0.3) is 0 Å². The van der Waals surface area contributed by atoms with Crippen molar-refractivity contribution in [1.29, 1.82) is 0 Å². The molecule has 2 aromatic rings. The second-order valence-corrected chi connectivity index (χ2v) is 8.74. The van der Waals surface area contributed by atoms with Crippen molar-refractivity contribution in [2.45, 2.75) is 39.9 Å². The molecule has 0 aliphatic carbocycles. The number of aryl methyl sites for hydroxylation is 1. The van der Waals surface area contributed by atoms with Gasteiger partial charge >= 0.3 is 0 Å². The van der Waals surface area contributed by atoms with Gasteiger partial charge in [0.1, 0.15) is 17.3 Å². The van der Waals surface area contributed by atoms with Gasteiger partial charge in [-0.2, -0.15) is 0 Å². The number of hydroxylamine groups is 1. The number of hydrogen-bond donors (Lipinski definition) is 3. The monoisotopic (exact) mass is 440 g/mol. The minimum absolute atomic E-state index is 0.124. The van der Waals surface area contributed by atoms with Crippen molar-refractivity contribution < 1.29 is 24.0 Å². The first-order valence-corrected chi connectivity index (χ1v) is 10.5. The average molecular weight is 441 g/mol. The Hall–Kier alpha value is -2.34. The maximum atomic E-state index is 12.2. The number of ether oxygens (including phenoxy) is 1. The van der Waals surface area contributed by atoms with E-state index in [1.54, 1.807) is 5.38 Å². The van der Waals surface area contributed by atoms with Gasteiger partial charge in [-0.1, -0.05) is 0 Å². The summed E-state index contributed by atoms with van der Waals surface area (Å²) in [6.45, 7) is 7.52. The molecule has 0 atom stereocenters. The predicted octanol–water partition coefficient (Wildman–Crippen LogP) is 1.69. The molecule has 2 aromatic heterocycles. The molecular formula is C18H24N4O5S2. The van der Waals surface area contributed by atoms with E-state index in [1.165, 1.54) is 22.7 Å². The van der Waals surface area contributed by atoms with Crippen LogP contribution in [0.15, 0.2) is 10.8 Å².